The molecule has 0 saturated heterocycles. The van der Waals surface area contributed by atoms with Gasteiger partial charge in [-0.25, -0.2) is 0 Å². The van der Waals surface area contributed by atoms with Crippen LogP contribution in [0.25, 0.3) is 0 Å². The Kier molecular flexibility index (Phi) is 5.91. The first-order valence-corrected chi connectivity index (χ1v) is 7.84. The lowest BCUT2D eigenvalue weighted by Crippen LogP contribution is -2.38. The van der Waals surface area contributed by atoms with Gasteiger partial charge in [0.1, 0.15) is 0 Å². The van der Waals surface area contributed by atoms with Gasteiger partial charge in [-0.15, -0.1) is 0 Å². The zero-order valence-corrected chi connectivity index (χ0v) is 14.4. The highest BCUT2D eigenvalue weighted by Gasteiger charge is 2.17. The molecule has 1 rings (SSSR count). The second kappa shape index (κ2) is 7.01. The summed E-state index contributed by atoms with van der Waals surface area (Å²) in [6, 6.07) is 12.0. The summed E-state index contributed by atoms with van der Waals surface area (Å²) in [4.78, 5) is 4.83. The molecule has 1 aromatic rings. The summed E-state index contributed by atoms with van der Waals surface area (Å²) in [6.07, 6.45) is 0. The van der Waals surface area contributed by atoms with Crippen LogP contribution in [-0.4, -0.2) is 24.2 Å². The third kappa shape index (κ3) is 3.91. The Labute approximate surface area is 125 Å². The van der Waals surface area contributed by atoms with Gasteiger partial charge in [0, 0.05) is 41.6 Å². The summed E-state index contributed by atoms with van der Waals surface area (Å²) in [6.45, 7) is 17.9. The Balaban J connectivity index is 3.03. The van der Waals surface area contributed by atoms with Crippen molar-refractivity contribution in [3.8, 4) is 0 Å². The molecular formula is C18H31N2. The molecule has 0 saturated carbocycles. The quantitative estimate of drug-likeness (QED) is 0.740. The molecule has 0 spiro atoms. The molecule has 1 aromatic carbocycles. The highest BCUT2D eigenvalue weighted by molar-refractivity contribution is 5.57. The van der Waals surface area contributed by atoms with Gasteiger partial charge in [0.25, 0.3) is 0 Å². The van der Waals surface area contributed by atoms with E-state index in [-0.39, 0.29) is 0 Å². The molecule has 0 aromatic heterocycles. The average Bonchev–Trinajstić information content (AvgIpc) is 2.29. The lowest BCUT2D eigenvalue weighted by molar-refractivity contribution is 0.603. The number of anilines is 2. The third-order valence-electron chi connectivity index (χ3n) is 3.58. The van der Waals surface area contributed by atoms with E-state index in [0.29, 0.717) is 24.2 Å². The second-order valence-electron chi connectivity index (χ2n) is 6.62. The van der Waals surface area contributed by atoms with Crippen LogP contribution in [0.1, 0.15) is 55.4 Å². The van der Waals surface area contributed by atoms with Crippen molar-refractivity contribution in [1.82, 2.24) is 0 Å². The molecule has 0 aliphatic carbocycles. The van der Waals surface area contributed by atoms with Crippen molar-refractivity contribution in [3.05, 3.63) is 24.3 Å². The van der Waals surface area contributed by atoms with Crippen LogP contribution in [0.2, 0.25) is 0 Å². The summed E-state index contributed by atoms with van der Waals surface area (Å²) in [5, 5.41) is 0. The van der Waals surface area contributed by atoms with E-state index in [9.17, 15) is 0 Å². The predicted octanol–water partition coefficient (Wildman–Crippen LogP) is 4.73. The topological polar surface area (TPSA) is 6.48 Å². The first-order chi connectivity index (χ1) is 9.25. The molecule has 0 amide bonds. The zero-order chi connectivity index (χ0) is 15.4. The number of nitrogens with zero attached hydrogens (tertiary/aromatic N) is 2. The van der Waals surface area contributed by atoms with E-state index in [0.717, 1.165) is 0 Å². The monoisotopic (exact) mass is 275 g/mol. The first kappa shape index (κ1) is 16.9. The van der Waals surface area contributed by atoms with E-state index in [1.807, 2.05) is 0 Å². The highest BCUT2D eigenvalue weighted by Crippen LogP contribution is 2.25. The maximum Gasteiger partial charge on any atom is 0.0452 e. The molecule has 1 radical (unpaired) electrons. The highest BCUT2D eigenvalue weighted by atomic mass is 15.2. The molecule has 0 aliphatic rings. The van der Waals surface area contributed by atoms with Crippen molar-refractivity contribution in [2.45, 2.75) is 79.6 Å². The predicted molar refractivity (Wildman–Crippen MR) is 90.8 cm³/mol. The van der Waals surface area contributed by atoms with Gasteiger partial charge >= 0.3 is 0 Å². The van der Waals surface area contributed by atoms with Crippen LogP contribution in [0.15, 0.2) is 18.2 Å². The number of hydrogen-bond acceptors (Lipinski definition) is 2. The van der Waals surface area contributed by atoms with E-state index in [2.05, 4.69) is 89.5 Å². The van der Waals surface area contributed by atoms with Crippen LogP contribution in [0.5, 0.6) is 0 Å². The van der Waals surface area contributed by atoms with E-state index in [1.165, 1.54) is 11.4 Å². The van der Waals surface area contributed by atoms with Gasteiger partial charge in [-0.05, 0) is 73.6 Å². The Morgan fingerprint density at radius 2 is 1.15 bits per heavy atom. The molecule has 20 heavy (non-hydrogen) atoms. The summed E-state index contributed by atoms with van der Waals surface area (Å²) >= 11 is 0. The lowest BCUT2D eigenvalue weighted by atomic mass is 10.1. The summed E-state index contributed by atoms with van der Waals surface area (Å²) in [7, 11) is 0. The molecule has 0 heterocycles. The Bertz CT molecular complexity index is 335. The zero-order valence-electron chi connectivity index (χ0n) is 14.4. The minimum absolute atomic E-state index is 0.489. The van der Waals surface area contributed by atoms with Crippen molar-refractivity contribution >= 4 is 11.4 Å². The second-order valence-corrected chi connectivity index (χ2v) is 6.62. The molecule has 2 heteroatoms. The van der Waals surface area contributed by atoms with E-state index >= 15 is 0 Å². The van der Waals surface area contributed by atoms with Crippen molar-refractivity contribution in [2.75, 3.05) is 9.80 Å². The summed E-state index contributed by atoms with van der Waals surface area (Å²) in [5.74, 6) is 0. The van der Waals surface area contributed by atoms with Crippen LogP contribution < -0.4 is 9.80 Å². The van der Waals surface area contributed by atoms with Gasteiger partial charge in [0.05, 0.1) is 0 Å². The first-order valence-electron chi connectivity index (χ1n) is 7.84. The van der Waals surface area contributed by atoms with Crippen LogP contribution in [0.4, 0.5) is 11.4 Å². The van der Waals surface area contributed by atoms with Crippen LogP contribution in [-0.2, 0) is 0 Å². The smallest absolute Gasteiger partial charge is 0.0452 e. The van der Waals surface area contributed by atoms with Gasteiger partial charge in [-0.2, -0.15) is 0 Å². The Morgan fingerprint density at radius 1 is 0.700 bits per heavy atom. The molecule has 2 nitrogen and oxygen atoms in total. The normalized spacial score (nSPS) is 11.8. The fourth-order valence-electron chi connectivity index (χ4n) is 3.07. The van der Waals surface area contributed by atoms with Crippen molar-refractivity contribution in [3.63, 3.8) is 0 Å². The van der Waals surface area contributed by atoms with Crippen molar-refractivity contribution in [1.29, 1.82) is 0 Å². The largest absolute Gasteiger partial charge is 0.367 e. The minimum atomic E-state index is 0.489. The van der Waals surface area contributed by atoms with Crippen LogP contribution >= 0.6 is 0 Å². The Morgan fingerprint density at radius 3 is 1.45 bits per heavy atom. The third-order valence-corrected chi connectivity index (χ3v) is 3.58. The van der Waals surface area contributed by atoms with Gasteiger partial charge in [-0.3, -0.25) is 0 Å². The SMILES string of the molecule is CC(C)N(c1[c]cc(N(C(C)C)C(C)C)cc1)C(C)C. The maximum atomic E-state index is 3.47. The number of rotatable bonds is 6. The van der Waals surface area contributed by atoms with Gasteiger partial charge in [0.2, 0.25) is 0 Å². The minimum Gasteiger partial charge on any atom is -0.367 e. The fourth-order valence-corrected chi connectivity index (χ4v) is 3.07. The Hall–Kier alpha value is -1.18. The van der Waals surface area contributed by atoms with E-state index in [1.54, 1.807) is 0 Å². The molecule has 0 bridgehead atoms. The van der Waals surface area contributed by atoms with Crippen molar-refractivity contribution in [2.24, 2.45) is 0 Å². The molecule has 0 aliphatic heterocycles. The van der Waals surface area contributed by atoms with Crippen LogP contribution in [0, 0.1) is 6.07 Å². The summed E-state index contributed by atoms with van der Waals surface area (Å²) in [5.41, 5.74) is 2.44. The molecule has 0 atom stereocenters. The number of benzene rings is 1. The van der Waals surface area contributed by atoms with Gasteiger partial charge in [-0.1, -0.05) is 0 Å². The average molecular weight is 275 g/mol. The number of hydrogen-bond donors (Lipinski definition) is 0. The maximum absolute atomic E-state index is 3.47. The molecule has 0 unspecified atom stereocenters. The van der Waals surface area contributed by atoms with Gasteiger partial charge in [0.15, 0.2) is 0 Å². The lowest BCUT2D eigenvalue weighted by Gasteiger charge is -2.35. The van der Waals surface area contributed by atoms with Gasteiger partial charge < -0.3 is 9.80 Å². The van der Waals surface area contributed by atoms with E-state index < -0.39 is 0 Å². The molecular weight excluding hydrogens is 244 g/mol. The van der Waals surface area contributed by atoms with E-state index in [4.69, 9.17) is 0 Å². The van der Waals surface area contributed by atoms with Crippen LogP contribution in [0.3, 0.4) is 0 Å². The molecule has 113 valence electrons. The van der Waals surface area contributed by atoms with Crippen molar-refractivity contribution < 1.29 is 0 Å². The summed E-state index contributed by atoms with van der Waals surface area (Å²) < 4.78 is 0. The fraction of sp³-hybridized carbons (Fsp3) is 0.667. The standard InChI is InChI=1S/C18H31N2/c1-13(2)19(14(3)4)17-9-11-18(12-10-17)20(15(5)6)16(7)8/h9-11,13-16H,1-8H3. The molecule has 0 fully saturated rings. The molecule has 0 N–H and O–H groups in total.